The van der Waals surface area contributed by atoms with Crippen molar-refractivity contribution in [3.05, 3.63) is 92.9 Å². The molecule has 3 rings (SSSR count). The zero-order chi connectivity index (χ0) is 24.2. The molecule has 0 aliphatic rings. The van der Waals surface area contributed by atoms with Crippen LogP contribution in [0.1, 0.15) is 23.7 Å². The summed E-state index contributed by atoms with van der Waals surface area (Å²) in [7, 11) is 0. The maximum atomic E-state index is 13.5. The van der Waals surface area contributed by atoms with Gasteiger partial charge in [0.1, 0.15) is 5.75 Å². The molecule has 0 aliphatic carbocycles. The van der Waals surface area contributed by atoms with Gasteiger partial charge in [-0.05, 0) is 43.3 Å². The van der Waals surface area contributed by atoms with E-state index in [0.29, 0.717) is 11.1 Å². The fourth-order valence-electron chi connectivity index (χ4n) is 2.85. The van der Waals surface area contributed by atoms with Gasteiger partial charge in [-0.3, -0.25) is 14.3 Å². The van der Waals surface area contributed by atoms with Gasteiger partial charge in [-0.15, -0.1) is 0 Å². The van der Waals surface area contributed by atoms with Crippen LogP contribution < -0.4 is 10.3 Å². The predicted molar refractivity (Wildman–Crippen MR) is 115 cm³/mol. The Kier molecular flexibility index (Phi) is 6.94. The number of aromatic nitrogens is 3. The molecule has 1 aromatic carbocycles. The van der Waals surface area contributed by atoms with Crippen LogP contribution in [0.3, 0.4) is 0 Å². The van der Waals surface area contributed by atoms with E-state index in [1.807, 2.05) is 0 Å². The Labute approximate surface area is 190 Å². The van der Waals surface area contributed by atoms with Gasteiger partial charge in [0.25, 0.3) is 5.56 Å². The summed E-state index contributed by atoms with van der Waals surface area (Å²) in [6.07, 6.45) is 0.323. The van der Waals surface area contributed by atoms with E-state index < -0.39 is 23.2 Å². The number of nitrogens with one attached hydrogen (secondary N) is 1. The molecule has 3 aromatic rings. The van der Waals surface area contributed by atoms with Crippen molar-refractivity contribution >= 4 is 17.3 Å². The maximum absolute atomic E-state index is 13.5. The molecule has 1 N–H and O–H groups in total. The van der Waals surface area contributed by atoms with Crippen LogP contribution in [0, 0.1) is 16.7 Å². The Bertz CT molecular complexity index is 1330. The standard InChI is InChI=1S/C22H15ClF3N5O2/c1-13(5-18(28)15-3-2-4-29-10-15)11-31-12-30-20(22(24,25)26)19(21(31)32)33-17-7-14(9-27)6-16(23)8-17/h2-8,10,12,28H,11H2,1H3/b13-5+,28-18?. The maximum Gasteiger partial charge on any atom is 0.437 e. The lowest BCUT2D eigenvalue weighted by atomic mass is 10.1. The summed E-state index contributed by atoms with van der Waals surface area (Å²) in [5, 5.41) is 17.2. The van der Waals surface area contributed by atoms with Gasteiger partial charge >= 0.3 is 6.18 Å². The third kappa shape index (κ3) is 5.84. The van der Waals surface area contributed by atoms with Crippen molar-refractivity contribution < 1.29 is 17.9 Å². The number of benzene rings is 1. The first-order valence-electron chi connectivity index (χ1n) is 9.30. The second-order valence-electron chi connectivity index (χ2n) is 6.89. The van der Waals surface area contributed by atoms with Gasteiger partial charge in [-0.2, -0.15) is 18.4 Å². The van der Waals surface area contributed by atoms with Gasteiger partial charge in [0.05, 0.1) is 23.7 Å². The summed E-state index contributed by atoms with van der Waals surface area (Å²) in [6, 6.07) is 8.78. The normalized spacial score (nSPS) is 11.7. The minimum absolute atomic E-state index is 0.0444. The van der Waals surface area contributed by atoms with E-state index in [0.717, 1.165) is 17.0 Å². The molecule has 0 atom stereocenters. The molecule has 0 fully saturated rings. The van der Waals surface area contributed by atoms with Gasteiger partial charge in [0, 0.05) is 29.5 Å². The largest absolute Gasteiger partial charge is 0.449 e. The molecule has 2 heterocycles. The van der Waals surface area contributed by atoms with E-state index in [4.69, 9.17) is 27.0 Å². The first-order valence-corrected chi connectivity index (χ1v) is 9.67. The molecule has 0 bridgehead atoms. The van der Waals surface area contributed by atoms with Crippen LogP contribution in [0.5, 0.6) is 11.5 Å². The van der Waals surface area contributed by atoms with Crippen LogP contribution in [0.25, 0.3) is 0 Å². The lowest BCUT2D eigenvalue weighted by Gasteiger charge is -2.15. The molecule has 0 unspecified atom stereocenters. The molecule has 0 saturated carbocycles. The quantitative estimate of drug-likeness (QED) is 0.508. The van der Waals surface area contributed by atoms with Gasteiger partial charge in [-0.1, -0.05) is 17.2 Å². The molecule has 11 heteroatoms. The summed E-state index contributed by atoms with van der Waals surface area (Å²) in [5.41, 5.74) is -1.39. The number of rotatable bonds is 6. The summed E-state index contributed by atoms with van der Waals surface area (Å²) in [4.78, 5) is 20.2. The summed E-state index contributed by atoms with van der Waals surface area (Å²) >= 11 is 5.88. The number of allylic oxidation sites excluding steroid dienone is 2. The highest BCUT2D eigenvalue weighted by atomic mass is 35.5. The molecule has 168 valence electrons. The highest BCUT2D eigenvalue weighted by Gasteiger charge is 2.38. The van der Waals surface area contributed by atoms with Gasteiger partial charge < -0.3 is 10.1 Å². The van der Waals surface area contributed by atoms with Crippen molar-refractivity contribution in [2.75, 3.05) is 0 Å². The lowest BCUT2D eigenvalue weighted by molar-refractivity contribution is -0.142. The Balaban J connectivity index is 1.99. The smallest absolute Gasteiger partial charge is 0.437 e. The van der Waals surface area contributed by atoms with Crippen molar-refractivity contribution in [1.29, 1.82) is 10.7 Å². The van der Waals surface area contributed by atoms with Crippen molar-refractivity contribution in [3.8, 4) is 17.6 Å². The van der Waals surface area contributed by atoms with Crippen LogP contribution in [0.2, 0.25) is 5.02 Å². The molecule has 2 aromatic heterocycles. The van der Waals surface area contributed by atoms with Crippen LogP contribution in [0.15, 0.2) is 65.5 Å². The predicted octanol–water partition coefficient (Wildman–Crippen LogP) is 4.99. The molecule has 7 nitrogen and oxygen atoms in total. The second kappa shape index (κ2) is 9.67. The third-order valence-electron chi connectivity index (χ3n) is 4.27. The van der Waals surface area contributed by atoms with E-state index in [1.54, 1.807) is 31.3 Å². The average molecular weight is 474 g/mol. The van der Waals surface area contributed by atoms with Gasteiger partial charge in [-0.25, -0.2) is 4.98 Å². The molecule has 0 saturated heterocycles. The fourth-order valence-corrected chi connectivity index (χ4v) is 3.07. The van der Waals surface area contributed by atoms with Crippen LogP contribution in [0.4, 0.5) is 13.2 Å². The van der Waals surface area contributed by atoms with Crippen molar-refractivity contribution in [2.45, 2.75) is 19.6 Å². The Morgan fingerprint density at radius 3 is 2.76 bits per heavy atom. The molecule has 0 aliphatic heterocycles. The highest BCUT2D eigenvalue weighted by Crippen LogP contribution is 2.35. The first kappa shape index (κ1) is 23.7. The average Bonchev–Trinajstić information content (AvgIpc) is 2.75. The van der Waals surface area contributed by atoms with Crippen molar-refractivity contribution in [3.63, 3.8) is 0 Å². The topological polar surface area (TPSA) is 105 Å². The Hall–Kier alpha value is -3.97. The van der Waals surface area contributed by atoms with Crippen LogP contribution >= 0.6 is 11.6 Å². The van der Waals surface area contributed by atoms with Crippen molar-refractivity contribution in [1.82, 2.24) is 14.5 Å². The Morgan fingerprint density at radius 2 is 2.12 bits per heavy atom. The molecular weight excluding hydrogens is 459 g/mol. The van der Waals surface area contributed by atoms with E-state index in [1.165, 1.54) is 24.4 Å². The second-order valence-corrected chi connectivity index (χ2v) is 7.33. The summed E-state index contributed by atoms with van der Waals surface area (Å²) in [5.74, 6) is -1.27. The van der Waals surface area contributed by atoms with Crippen LogP contribution in [-0.2, 0) is 12.7 Å². The fraction of sp³-hybridized carbons (Fsp3) is 0.136. The van der Waals surface area contributed by atoms with E-state index in [9.17, 15) is 18.0 Å². The number of nitrogens with zero attached hydrogens (tertiary/aromatic N) is 4. The molecule has 0 spiro atoms. The first-order chi connectivity index (χ1) is 15.6. The Morgan fingerprint density at radius 1 is 1.36 bits per heavy atom. The summed E-state index contributed by atoms with van der Waals surface area (Å²) in [6.45, 7) is 1.48. The minimum atomic E-state index is -4.96. The van der Waals surface area contributed by atoms with Gasteiger partial charge in [0.15, 0.2) is 5.69 Å². The van der Waals surface area contributed by atoms with E-state index in [2.05, 4.69) is 9.97 Å². The summed E-state index contributed by atoms with van der Waals surface area (Å²) < 4.78 is 46.7. The number of hydrogen-bond acceptors (Lipinski definition) is 6. The van der Waals surface area contributed by atoms with Gasteiger partial charge in [0.2, 0.25) is 5.75 Å². The zero-order valence-corrected chi connectivity index (χ0v) is 17.8. The number of pyridine rings is 1. The van der Waals surface area contributed by atoms with Crippen LogP contribution in [-0.4, -0.2) is 20.2 Å². The molecular formula is C22H15ClF3N5O2. The number of alkyl halides is 3. The number of halogens is 4. The molecule has 0 radical (unpaired) electrons. The van der Waals surface area contributed by atoms with Crippen molar-refractivity contribution in [2.24, 2.45) is 0 Å². The number of nitriles is 1. The number of hydrogen-bond donors (Lipinski definition) is 1. The van der Waals surface area contributed by atoms with E-state index >= 15 is 0 Å². The third-order valence-corrected chi connectivity index (χ3v) is 4.49. The van der Waals surface area contributed by atoms with E-state index in [-0.39, 0.29) is 28.6 Å². The molecule has 33 heavy (non-hydrogen) atoms. The lowest BCUT2D eigenvalue weighted by Crippen LogP contribution is -2.26. The zero-order valence-electron chi connectivity index (χ0n) is 17.0. The highest BCUT2D eigenvalue weighted by molar-refractivity contribution is 6.30. The molecule has 0 amide bonds. The monoisotopic (exact) mass is 473 g/mol. The SMILES string of the molecule is C/C(=C\C(=N)c1cccnc1)Cn1cnc(C(F)(F)F)c(Oc2cc(Cl)cc(C#N)c2)c1=O. The minimum Gasteiger partial charge on any atom is -0.449 e. The number of ether oxygens (including phenoxy) is 1.